The van der Waals surface area contributed by atoms with Crippen molar-refractivity contribution < 1.29 is 0 Å². The van der Waals surface area contributed by atoms with Crippen molar-refractivity contribution in [2.45, 2.75) is 24.8 Å². The number of piperidine rings is 2. The zero-order chi connectivity index (χ0) is 11.0. The van der Waals surface area contributed by atoms with Gasteiger partial charge in [-0.05, 0) is 43.9 Å². The van der Waals surface area contributed by atoms with Crippen LogP contribution in [-0.4, -0.2) is 23.6 Å². The Kier molecular flexibility index (Phi) is 2.52. The average Bonchev–Trinajstić information content (AvgIpc) is 2.28. The minimum Gasteiger partial charge on any atom is -0.368 e. The Morgan fingerprint density at radius 2 is 2.38 bits per heavy atom. The van der Waals surface area contributed by atoms with Gasteiger partial charge in [0.2, 0.25) is 0 Å². The molecule has 3 heterocycles. The van der Waals surface area contributed by atoms with Crippen molar-refractivity contribution in [3.8, 4) is 0 Å². The van der Waals surface area contributed by atoms with Crippen LogP contribution < -0.4 is 10.6 Å². The van der Waals surface area contributed by atoms with Crippen molar-refractivity contribution in [3.63, 3.8) is 0 Å². The fourth-order valence-electron chi connectivity index (χ4n) is 2.88. The van der Waals surface area contributed by atoms with E-state index in [1.807, 2.05) is 12.1 Å². The lowest BCUT2D eigenvalue weighted by Crippen LogP contribution is -2.63. The Bertz CT molecular complexity index is 365. The number of fused-ring (bicyclic) bond motifs is 2. The second-order valence-electron chi connectivity index (χ2n) is 4.99. The Morgan fingerprint density at radius 1 is 1.50 bits per heavy atom. The molecule has 1 aliphatic carbocycles. The number of anilines is 1. The van der Waals surface area contributed by atoms with Crippen LogP contribution in [0.4, 0.5) is 5.82 Å². The van der Waals surface area contributed by atoms with Gasteiger partial charge in [0.1, 0.15) is 5.82 Å². The lowest BCUT2D eigenvalue weighted by atomic mass is 9.64. The van der Waals surface area contributed by atoms with Gasteiger partial charge in [0.15, 0.2) is 0 Å². The second-order valence-corrected chi connectivity index (χ2v) is 5.42. The zero-order valence-electron chi connectivity index (χ0n) is 9.17. The number of nitrogens with zero attached hydrogens (tertiary/aromatic N) is 1. The molecule has 1 saturated carbocycles. The summed E-state index contributed by atoms with van der Waals surface area (Å²) in [6, 6.07) is 3.80. The van der Waals surface area contributed by atoms with Gasteiger partial charge in [-0.25, -0.2) is 4.98 Å². The van der Waals surface area contributed by atoms with Crippen molar-refractivity contribution in [1.82, 2.24) is 10.3 Å². The van der Waals surface area contributed by atoms with Gasteiger partial charge in [0, 0.05) is 18.3 Å². The van der Waals surface area contributed by atoms with Crippen LogP contribution >= 0.6 is 11.6 Å². The number of hydrogen-bond acceptors (Lipinski definition) is 3. The van der Waals surface area contributed by atoms with E-state index in [0.29, 0.717) is 10.6 Å². The van der Waals surface area contributed by atoms with E-state index in [1.54, 1.807) is 6.20 Å². The second kappa shape index (κ2) is 3.90. The molecule has 2 bridgehead atoms. The predicted octanol–water partition coefficient (Wildman–Crippen LogP) is 2.29. The third kappa shape index (κ3) is 1.89. The van der Waals surface area contributed by atoms with E-state index < -0.39 is 0 Å². The highest BCUT2D eigenvalue weighted by Gasteiger charge is 2.46. The highest BCUT2D eigenvalue weighted by molar-refractivity contribution is 6.30. The Balaban J connectivity index is 1.58. The molecule has 0 aromatic carbocycles. The third-order valence-corrected chi connectivity index (χ3v) is 3.97. The van der Waals surface area contributed by atoms with E-state index in [0.717, 1.165) is 18.3 Å². The van der Waals surface area contributed by atoms with Crippen LogP contribution in [0.5, 0.6) is 0 Å². The van der Waals surface area contributed by atoms with E-state index >= 15 is 0 Å². The number of nitrogens with one attached hydrogen (secondary N) is 2. The molecule has 2 N–H and O–H groups in total. The molecule has 0 radical (unpaired) electrons. The van der Waals surface area contributed by atoms with Crippen LogP contribution in [0.25, 0.3) is 0 Å². The molecule has 0 unspecified atom stereocenters. The summed E-state index contributed by atoms with van der Waals surface area (Å²) in [5.41, 5.74) is 0.338. The maximum atomic E-state index is 5.79. The molecule has 4 rings (SSSR count). The van der Waals surface area contributed by atoms with E-state index in [9.17, 15) is 0 Å². The molecule has 2 aliphatic heterocycles. The quantitative estimate of drug-likeness (QED) is 0.847. The van der Waals surface area contributed by atoms with Gasteiger partial charge in [-0.1, -0.05) is 11.6 Å². The summed E-state index contributed by atoms with van der Waals surface area (Å²) >= 11 is 5.79. The molecule has 1 aromatic rings. The maximum Gasteiger partial charge on any atom is 0.126 e. The summed E-state index contributed by atoms with van der Waals surface area (Å²) in [6.07, 6.45) is 5.65. The van der Waals surface area contributed by atoms with Crippen LogP contribution in [0.15, 0.2) is 18.3 Å². The standard InChI is InChI=1S/C12H16ClN3/c13-10-1-2-11(14-7-10)15-8-12-5-9(6-12)3-4-16-12/h1-2,7,9,16H,3-6,8H2,(H,14,15). The topological polar surface area (TPSA) is 37.0 Å². The Hall–Kier alpha value is -0.800. The van der Waals surface area contributed by atoms with Crippen molar-refractivity contribution in [2.75, 3.05) is 18.4 Å². The van der Waals surface area contributed by atoms with Crippen LogP contribution in [0, 0.1) is 5.92 Å². The molecule has 86 valence electrons. The number of halogens is 1. The van der Waals surface area contributed by atoms with Gasteiger partial charge in [-0.2, -0.15) is 0 Å². The first-order chi connectivity index (χ1) is 7.76. The first kappa shape index (κ1) is 10.4. The molecule has 0 atom stereocenters. The highest BCUT2D eigenvalue weighted by Crippen LogP contribution is 2.43. The van der Waals surface area contributed by atoms with Crippen molar-refractivity contribution in [3.05, 3.63) is 23.4 Å². The largest absolute Gasteiger partial charge is 0.368 e. The monoisotopic (exact) mass is 237 g/mol. The molecule has 16 heavy (non-hydrogen) atoms. The summed E-state index contributed by atoms with van der Waals surface area (Å²) in [7, 11) is 0. The highest BCUT2D eigenvalue weighted by atomic mass is 35.5. The molecule has 1 aromatic heterocycles. The molecule has 2 saturated heterocycles. The fraction of sp³-hybridized carbons (Fsp3) is 0.583. The number of pyridine rings is 1. The van der Waals surface area contributed by atoms with Crippen molar-refractivity contribution in [2.24, 2.45) is 5.92 Å². The number of rotatable bonds is 3. The lowest BCUT2D eigenvalue weighted by Gasteiger charge is -2.53. The first-order valence-electron chi connectivity index (χ1n) is 5.86. The molecule has 3 aliphatic rings. The van der Waals surface area contributed by atoms with Crippen LogP contribution in [0.1, 0.15) is 19.3 Å². The van der Waals surface area contributed by atoms with Crippen LogP contribution in [0.2, 0.25) is 5.02 Å². The molecule has 3 nitrogen and oxygen atoms in total. The minimum atomic E-state index is 0.338. The summed E-state index contributed by atoms with van der Waals surface area (Å²) in [6.45, 7) is 2.14. The predicted molar refractivity (Wildman–Crippen MR) is 65.8 cm³/mol. The van der Waals surface area contributed by atoms with E-state index in [4.69, 9.17) is 11.6 Å². The summed E-state index contributed by atoms with van der Waals surface area (Å²) < 4.78 is 0. The third-order valence-electron chi connectivity index (χ3n) is 3.75. The Morgan fingerprint density at radius 3 is 3.00 bits per heavy atom. The van der Waals surface area contributed by atoms with Crippen LogP contribution in [0.3, 0.4) is 0 Å². The van der Waals surface area contributed by atoms with E-state index in [2.05, 4.69) is 15.6 Å². The summed E-state index contributed by atoms with van der Waals surface area (Å²) in [5, 5.41) is 7.70. The minimum absolute atomic E-state index is 0.338. The zero-order valence-corrected chi connectivity index (χ0v) is 9.93. The fourth-order valence-corrected chi connectivity index (χ4v) is 2.99. The van der Waals surface area contributed by atoms with Crippen LogP contribution in [-0.2, 0) is 0 Å². The van der Waals surface area contributed by atoms with Gasteiger partial charge in [-0.3, -0.25) is 0 Å². The normalized spacial score (nSPS) is 31.9. The molecule has 0 spiro atoms. The molecular formula is C12H16ClN3. The van der Waals surface area contributed by atoms with Crippen molar-refractivity contribution in [1.29, 1.82) is 0 Å². The van der Waals surface area contributed by atoms with Crippen molar-refractivity contribution >= 4 is 17.4 Å². The number of hydrogen-bond donors (Lipinski definition) is 2. The molecule has 0 amide bonds. The maximum absolute atomic E-state index is 5.79. The van der Waals surface area contributed by atoms with E-state index in [-0.39, 0.29) is 0 Å². The average molecular weight is 238 g/mol. The molecular weight excluding hydrogens is 222 g/mol. The molecule has 4 heteroatoms. The van der Waals surface area contributed by atoms with E-state index in [1.165, 1.54) is 25.8 Å². The number of aromatic nitrogens is 1. The SMILES string of the molecule is Clc1ccc(NCC23CC(CCN2)C3)nc1. The van der Waals surface area contributed by atoms with Gasteiger partial charge < -0.3 is 10.6 Å². The first-order valence-corrected chi connectivity index (χ1v) is 6.24. The van der Waals surface area contributed by atoms with Gasteiger partial charge in [-0.15, -0.1) is 0 Å². The summed E-state index contributed by atoms with van der Waals surface area (Å²) in [4.78, 5) is 4.24. The Labute approximate surface area is 101 Å². The van der Waals surface area contributed by atoms with Gasteiger partial charge >= 0.3 is 0 Å². The summed E-state index contributed by atoms with van der Waals surface area (Å²) in [5.74, 6) is 1.87. The lowest BCUT2D eigenvalue weighted by molar-refractivity contribution is 0.0638. The smallest absolute Gasteiger partial charge is 0.126 e. The van der Waals surface area contributed by atoms with Gasteiger partial charge in [0.25, 0.3) is 0 Å². The molecule has 3 fully saturated rings. The van der Waals surface area contributed by atoms with Gasteiger partial charge in [0.05, 0.1) is 5.02 Å².